The van der Waals surface area contributed by atoms with Gasteiger partial charge in [0.05, 0.1) is 0 Å². The summed E-state index contributed by atoms with van der Waals surface area (Å²) >= 11 is 0. The molecule has 0 amide bonds. The Morgan fingerprint density at radius 1 is 1.00 bits per heavy atom. The Hall–Kier alpha value is -1.63. The minimum absolute atomic E-state index is 0.163. The van der Waals surface area contributed by atoms with Gasteiger partial charge in [-0.2, -0.15) is 0 Å². The largest absolute Gasteiger partial charge is 0.207 e. The van der Waals surface area contributed by atoms with Crippen LogP contribution in [0.3, 0.4) is 0 Å². The molecule has 0 bridgehead atoms. The quantitative estimate of drug-likeness (QED) is 0.702. The SMILES string of the molecule is CCCCc1ccc(F)cc1-c1ccccc1. The van der Waals surface area contributed by atoms with E-state index in [2.05, 4.69) is 6.92 Å². The topological polar surface area (TPSA) is 0 Å². The third kappa shape index (κ3) is 2.94. The van der Waals surface area contributed by atoms with Crippen molar-refractivity contribution in [1.29, 1.82) is 0 Å². The van der Waals surface area contributed by atoms with Crippen LogP contribution in [-0.4, -0.2) is 0 Å². The fourth-order valence-corrected chi connectivity index (χ4v) is 2.02. The summed E-state index contributed by atoms with van der Waals surface area (Å²) in [5, 5.41) is 0. The number of benzene rings is 2. The maximum Gasteiger partial charge on any atom is 0.123 e. The van der Waals surface area contributed by atoms with Gasteiger partial charge < -0.3 is 0 Å². The van der Waals surface area contributed by atoms with Crippen molar-refractivity contribution in [2.45, 2.75) is 26.2 Å². The summed E-state index contributed by atoms with van der Waals surface area (Å²) in [7, 11) is 0. The summed E-state index contributed by atoms with van der Waals surface area (Å²) in [4.78, 5) is 0. The maximum atomic E-state index is 13.4. The highest BCUT2D eigenvalue weighted by molar-refractivity contribution is 5.67. The zero-order valence-electron chi connectivity index (χ0n) is 10.1. The molecule has 2 aromatic carbocycles. The lowest BCUT2D eigenvalue weighted by Crippen LogP contribution is -1.91. The maximum absolute atomic E-state index is 13.4. The Bertz CT molecular complexity index is 474. The van der Waals surface area contributed by atoms with E-state index in [1.165, 1.54) is 5.56 Å². The second-order valence-corrected chi connectivity index (χ2v) is 4.27. The van der Waals surface area contributed by atoms with Crippen LogP contribution >= 0.6 is 0 Å². The van der Waals surface area contributed by atoms with Gasteiger partial charge in [0, 0.05) is 0 Å². The number of rotatable bonds is 4. The van der Waals surface area contributed by atoms with Crippen molar-refractivity contribution in [1.82, 2.24) is 0 Å². The van der Waals surface area contributed by atoms with E-state index < -0.39 is 0 Å². The lowest BCUT2D eigenvalue weighted by Gasteiger charge is -2.09. The van der Waals surface area contributed by atoms with Gasteiger partial charge in [0.25, 0.3) is 0 Å². The van der Waals surface area contributed by atoms with E-state index in [-0.39, 0.29) is 5.82 Å². The monoisotopic (exact) mass is 228 g/mol. The van der Waals surface area contributed by atoms with E-state index in [0.717, 1.165) is 30.4 Å². The van der Waals surface area contributed by atoms with Crippen LogP contribution in [0.4, 0.5) is 4.39 Å². The van der Waals surface area contributed by atoms with Crippen molar-refractivity contribution >= 4 is 0 Å². The molecule has 0 atom stereocenters. The normalized spacial score (nSPS) is 10.5. The number of halogens is 1. The van der Waals surface area contributed by atoms with Gasteiger partial charge >= 0.3 is 0 Å². The first-order valence-corrected chi connectivity index (χ1v) is 6.15. The van der Waals surface area contributed by atoms with Crippen molar-refractivity contribution < 1.29 is 4.39 Å². The van der Waals surface area contributed by atoms with E-state index in [0.29, 0.717) is 0 Å². The van der Waals surface area contributed by atoms with Crippen LogP contribution in [0.2, 0.25) is 0 Å². The molecule has 0 unspecified atom stereocenters. The lowest BCUT2D eigenvalue weighted by atomic mass is 9.96. The summed E-state index contributed by atoms with van der Waals surface area (Å²) < 4.78 is 13.4. The molecule has 1 heteroatoms. The van der Waals surface area contributed by atoms with Gasteiger partial charge in [-0.25, -0.2) is 4.39 Å². The number of aryl methyl sites for hydroxylation is 1. The van der Waals surface area contributed by atoms with Gasteiger partial charge in [-0.3, -0.25) is 0 Å². The molecule has 2 rings (SSSR count). The van der Waals surface area contributed by atoms with Crippen molar-refractivity contribution in [2.24, 2.45) is 0 Å². The Balaban J connectivity index is 2.40. The van der Waals surface area contributed by atoms with E-state index in [9.17, 15) is 4.39 Å². The first kappa shape index (κ1) is 11.8. The Kier molecular flexibility index (Phi) is 3.92. The fourth-order valence-electron chi connectivity index (χ4n) is 2.02. The van der Waals surface area contributed by atoms with Crippen molar-refractivity contribution in [3.05, 3.63) is 59.9 Å². The average Bonchev–Trinajstić information content (AvgIpc) is 2.38. The highest BCUT2D eigenvalue weighted by atomic mass is 19.1. The van der Waals surface area contributed by atoms with Crippen LogP contribution in [0.1, 0.15) is 25.3 Å². The van der Waals surface area contributed by atoms with Gasteiger partial charge in [-0.05, 0) is 41.7 Å². The van der Waals surface area contributed by atoms with Crippen LogP contribution in [-0.2, 0) is 6.42 Å². The number of hydrogen-bond donors (Lipinski definition) is 0. The highest BCUT2D eigenvalue weighted by Gasteiger charge is 2.05. The number of unbranched alkanes of at least 4 members (excludes halogenated alkanes) is 1. The van der Waals surface area contributed by atoms with Crippen LogP contribution in [0.5, 0.6) is 0 Å². The van der Waals surface area contributed by atoms with Gasteiger partial charge in [-0.1, -0.05) is 49.7 Å². The summed E-state index contributed by atoms with van der Waals surface area (Å²) in [6, 6.07) is 15.1. The van der Waals surface area contributed by atoms with Gasteiger partial charge in [0.2, 0.25) is 0 Å². The standard InChI is InChI=1S/C16H17F/c1-2-3-7-14-10-11-15(17)12-16(14)13-8-5-4-6-9-13/h4-6,8-12H,2-3,7H2,1H3. The molecular weight excluding hydrogens is 211 g/mol. The Morgan fingerprint density at radius 2 is 1.76 bits per heavy atom. The molecule has 0 saturated carbocycles. The van der Waals surface area contributed by atoms with E-state index >= 15 is 0 Å². The minimum atomic E-state index is -0.163. The molecule has 0 saturated heterocycles. The van der Waals surface area contributed by atoms with Crippen LogP contribution < -0.4 is 0 Å². The number of hydrogen-bond acceptors (Lipinski definition) is 0. The van der Waals surface area contributed by atoms with Crippen LogP contribution in [0, 0.1) is 5.82 Å². The summed E-state index contributed by atoms with van der Waals surface area (Å²) in [6.45, 7) is 2.17. The predicted octanol–water partition coefficient (Wildman–Crippen LogP) is 4.84. The lowest BCUT2D eigenvalue weighted by molar-refractivity contribution is 0.627. The zero-order valence-corrected chi connectivity index (χ0v) is 10.1. The smallest absolute Gasteiger partial charge is 0.123 e. The molecule has 2 aromatic rings. The third-order valence-electron chi connectivity index (χ3n) is 2.96. The zero-order chi connectivity index (χ0) is 12.1. The molecular formula is C16H17F. The summed E-state index contributed by atoms with van der Waals surface area (Å²) in [6.07, 6.45) is 3.32. The van der Waals surface area contributed by atoms with Crippen LogP contribution in [0.25, 0.3) is 11.1 Å². The first-order valence-electron chi connectivity index (χ1n) is 6.15. The average molecular weight is 228 g/mol. The summed E-state index contributed by atoms with van der Waals surface area (Å²) in [5.74, 6) is -0.163. The molecule has 0 aliphatic heterocycles. The molecule has 0 radical (unpaired) electrons. The van der Waals surface area contributed by atoms with E-state index in [1.54, 1.807) is 12.1 Å². The molecule has 0 N–H and O–H groups in total. The second-order valence-electron chi connectivity index (χ2n) is 4.27. The van der Waals surface area contributed by atoms with Crippen molar-refractivity contribution in [2.75, 3.05) is 0 Å². The molecule has 0 heterocycles. The Morgan fingerprint density at radius 3 is 2.47 bits per heavy atom. The molecule has 0 aromatic heterocycles. The second kappa shape index (κ2) is 5.62. The molecule has 0 nitrogen and oxygen atoms in total. The molecule has 88 valence electrons. The molecule has 17 heavy (non-hydrogen) atoms. The summed E-state index contributed by atoms with van der Waals surface area (Å²) in [5.41, 5.74) is 3.36. The first-order chi connectivity index (χ1) is 8.31. The highest BCUT2D eigenvalue weighted by Crippen LogP contribution is 2.25. The van der Waals surface area contributed by atoms with Crippen molar-refractivity contribution in [3.8, 4) is 11.1 Å². The van der Waals surface area contributed by atoms with Gasteiger partial charge in [-0.15, -0.1) is 0 Å². The van der Waals surface area contributed by atoms with Gasteiger partial charge in [0.15, 0.2) is 0 Å². The third-order valence-corrected chi connectivity index (χ3v) is 2.96. The van der Waals surface area contributed by atoms with E-state index in [1.807, 2.05) is 36.4 Å². The fraction of sp³-hybridized carbons (Fsp3) is 0.250. The minimum Gasteiger partial charge on any atom is -0.207 e. The van der Waals surface area contributed by atoms with Crippen LogP contribution in [0.15, 0.2) is 48.5 Å². The molecule has 0 fully saturated rings. The molecule has 0 spiro atoms. The molecule has 0 aliphatic carbocycles. The Labute approximate surface area is 102 Å². The molecule has 0 aliphatic rings. The van der Waals surface area contributed by atoms with Crippen molar-refractivity contribution in [3.63, 3.8) is 0 Å². The predicted molar refractivity (Wildman–Crippen MR) is 70.4 cm³/mol. The van der Waals surface area contributed by atoms with Gasteiger partial charge in [0.1, 0.15) is 5.82 Å². The van der Waals surface area contributed by atoms with E-state index in [4.69, 9.17) is 0 Å².